The Morgan fingerprint density at radius 1 is 1.25 bits per heavy atom. The summed E-state index contributed by atoms with van der Waals surface area (Å²) in [6, 6.07) is 0. The monoisotopic (exact) mass is 491 g/mol. The van der Waals surface area contributed by atoms with Gasteiger partial charge in [-0.1, -0.05) is 76.1 Å². The Balaban J connectivity index is 1.79. The highest BCUT2D eigenvalue weighted by molar-refractivity contribution is 5.45. The quantitative estimate of drug-likeness (QED) is 0.298. The summed E-state index contributed by atoms with van der Waals surface area (Å²) in [5, 5.41) is 0. The maximum absolute atomic E-state index is 5.86. The molecule has 0 aromatic heterocycles. The van der Waals surface area contributed by atoms with E-state index in [2.05, 4.69) is 83.4 Å². The molecule has 200 valence electrons. The zero-order chi connectivity index (χ0) is 26.3. The van der Waals surface area contributed by atoms with Crippen molar-refractivity contribution < 1.29 is 4.74 Å². The van der Waals surface area contributed by atoms with E-state index in [1.165, 1.54) is 55.4 Å². The smallest absolute Gasteiger partial charge is 0.119 e. The van der Waals surface area contributed by atoms with Gasteiger partial charge in [0.25, 0.3) is 0 Å². The van der Waals surface area contributed by atoms with Crippen LogP contribution >= 0.6 is 0 Å². The summed E-state index contributed by atoms with van der Waals surface area (Å²) < 4.78 is 5.86. The molecule has 0 bridgehead atoms. The summed E-state index contributed by atoms with van der Waals surface area (Å²) >= 11 is 0. The van der Waals surface area contributed by atoms with Crippen LogP contribution in [0.4, 0.5) is 0 Å². The van der Waals surface area contributed by atoms with Crippen molar-refractivity contribution in [2.45, 2.75) is 99.3 Å². The van der Waals surface area contributed by atoms with Gasteiger partial charge in [0.05, 0.1) is 7.11 Å². The first-order valence-corrected chi connectivity index (χ1v) is 14.6. The number of hydrogen-bond donors (Lipinski definition) is 0. The molecule has 2 nitrogen and oxygen atoms in total. The molecule has 1 saturated heterocycles. The third kappa shape index (κ3) is 6.87. The van der Waals surface area contributed by atoms with Crippen LogP contribution in [-0.2, 0) is 4.74 Å². The van der Waals surface area contributed by atoms with E-state index in [1.54, 1.807) is 11.1 Å². The molecule has 0 aromatic carbocycles. The average Bonchev–Trinajstić information content (AvgIpc) is 3.18. The standard InChI is InChI=1S/C34H53NO/c1-9-11-16-31-27(6)23-34(24-32(31)26(5)10-2)17-13-19-35(20-18-34)28(7)29-14-12-15-30(21-25(3)4)33(22-29)36-8/h9,11-12,14,22,25-26,32H,7,10,13,15-21,23-24H2,1-6,8H3/b11-9-. The van der Waals surface area contributed by atoms with E-state index in [0.29, 0.717) is 11.3 Å². The van der Waals surface area contributed by atoms with Gasteiger partial charge in [-0.15, -0.1) is 0 Å². The first kappa shape index (κ1) is 28.6. The Morgan fingerprint density at radius 3 is 2.69 bits per heavy atom. The van der Waals surface area contributed by atoms with Gasteiger partial charge in [0.1, 0.15) is 5.76 Å². The number of rotatable bonds is 9. The molecule has 0 aromatic rings. The SMILES string of the molecule is C=C(C1=CC(OC)=C(CC(C)C)CC=C1)N1CCCC2(CC1)CC(C)=C(C/C=C\C)C(C(C)CC)C2. The lowest BCUT2D eigenvalue weighted by molar-refractivity contribution is 0.148. The highest BCUT2D eigenvalue weighted by Crippen LogP contribution is 2.52. The molecule has 0 amide bonds. The van der Waals surface area contributed by atoms with Crippen molar-refractivity contribution >= 4 is 0 Å². The summed E-state index contributed by atoms with van der Waals surface area (Å²) in [4.78, 5) is 2.57. The number of likely N-dealkylation sites (tertiary alicyclic amines) is 1. The van der Waals surface area contributed by atoms with Crippen molar-refractivity contribution in [3.05, 3.63) is 70.7 Å². The van der Waals surface area contributed by atoms with Crippen LogP contribution in [0.1, 0.15) is 99.3 Å². The van der Waals surface area contributed by atoms with E-state index in [-0.39, 0.29) is 0 Å². The van der Waals surface area contributed by atoms with Crippen LogP contribution in [0.3, 0.4) is 0 Å². The summed E-state index contributed by atoms with van der Waals surface area (Å²) in [6.45, 7) is 20.8. The minimum Gasteiger partial charge on any atom is -0.497 e. The number of ether oxygens (including phenoxy) is 1. The Hall–Kier alpha value is -1.96. The van der Waals surface area contributed by atoms with Crippen molar-refractivity contribution in [1.29, 1.82) is 0 Å². The van der Waals surface area contributed by atoms with Gasteiger partial charge in [0, 0.05) is 24.4 Å². The van der Waals surface area contributed by atoms with Gasteiger partial charge in [0.15, 0.2) is 0 Å². The van der Waals surface area contributed by atoms with Crippen molar-refractivity contribution in [2.75, 3.05) is 20.2 Å². The highest BCUT2D eigenvalue weighted by Gasteiger charge is 2.41. The van der Waals surface area contributed by atoms with Crippen LogP contribution in [0.2, 0.25) is 0 Å². The molecule has 0 N–H and O–H groups in total. The molecule has 0 saturated carbocycles. The van der Waals surface area contributed by atoms with Crippen LogP contribution in [-0.4, -0.2) is 25.1 Å². The van der Waals surface area contributed by atoms with Crippen LogP contribution in [0, 0.1) is 23.2 Å². The molecule has 3 unspecified atom stereocenters. The predicted octanol–water partition coefficient (Wildman–Crippen LogP) is 9.54. The van der Waals surface area contributed by atoms with Crippen molar-refractivity contribution in [3.63, 3.8) is 0 Å². The number of nitrogens with zero attached hydrogens (tertiary/aromatic N) is 1. The van der Waals surface area contributed by atoms with E-state index in [0.717, 1.165) is 49.9 Å². The summed E-state index contributed by atoms with van der Waals surface area (Å²) in [5.41, 5.74) is 7.65. The third-order valence-electron chi connectivity index (χ3n) is 9.13. The van der Waals surface area contributed by atoms with E-state index in [9.17, 15) is 0 Å². The normalized spacial score (nSPS) is 26.5. The highest BCUT2D eigenvalue weighted by atomic mass is 16.5. The number of allylic oxidation sites excluding steroid dienone is 8. The lowest BCUT2D eigenvalue weighted by Crippen LogP contribution is -2.34. The third-order valence-corrected chi connectivity index (χ3v) is 9.13. The molecule has 3 atom stereocenters. The Bertz CT molecular complexity index is 927. The van der Waals surface area contributed by atoms with Gasteiger partial charge in [-0.2, -0.15) is 0 Å². The molecular formula is C34H53NO. The summed E-state index contributed by atoms with van der Waals surface area (Å²) in [6.07, 6.45) is 22.4. The summed E-state index contributed by atoms with van der Waals surface area (Å²) in [5.74, 6) is 3.15. The molecule has 36 heavy (non-hydrogen) atoms. The fourth-order valence-corrected chi connectivity index (χ4v) is 6.92. The van der Waals surface area contributed by atoms with Gasteiger partial charge in [-0.25, -0.2) is 0 Å². The van der Waals surface area contributed by atoms with E-state index in [4.69, 9.17) is 4.74 Å². The topological polar surface area (TPSA) is 12.5 Å². The van der Waals surface area contributed by atoms with Gasteiger partial charge < -0.3 is 9.64 Å². The molecular weight excluding hydrogens is 438 g/mol. The number of hydrogen-bond acceptors (Lipinski definition) is 2. The van der Waals surface area contributed by atoms with Crippen molar-refractivity contribution in [2.24, 2.45) is 23.2 Å². The van der Waals surface area contributed by atoms with Crippen LogP contribution in [0.25, 0.3) is 0 Å². The van der Waals surface area contributed by atoms with Crippen LogP contribution < -0.4 is 0 Å². The molecule has 1 heterocycles. The van der Waals surface area contributed by atoms with Crippen LogP contribution in [0.15, 0.2) is 70.7 Å². The Labute approximate surface area is 223 Å². The molecule has 1 spiro atoms. The molecule has 2 heteroatoms. The van der Waals surface area contributed by atoms with Gasteiger partial charge >= 0.3 is 0 Å². The molecule has 1 fully saturated rings. The number of methoxy groups -OCH3 is 1. The maximum Gasteiger partial charge on any atom is 0.119 e. The van der Waals surface area contributed by atoms with Crippen molar-refractivity contribution in [3.8, 4) is 0 Å². The average molecular weight is 492 g/mol. The molecule has 2 aliphatic carbocycles. The molecule has 3 rings (SSSR count). The van der Waals surface area contributed by atoms with E-state index in [1.807, 2.05) is 7.11 Å². The van der Waals surface area contributed by atoms with Gasteiger partial charge in [0.2, 0.25) is 0 Å². The Kier molecular flexibility index (Phi) is 10.3. The second kappa shape index (κ2) is 13.0. The van der Waals surface area contributed by atoms with E-state index < -0.39 is 0 Å². The second-order valence-electron chi connectivity index (χ2n) is 12.2. The predicted molar refractivity (Wildman–Crippen MR) is 157 cm³/mol. The first-order chi connectivity index (χ1) is 17.2. The second-order valence-corrected chi connectivity index (χ2v) is 12.2. The van der Waals surface area contributed by atoms with Crippen LogP contribution in [0.5, 0.6) is 0 Å². The van der Waals surface area contributed by atoms with Crippen molar-refractivity contribution in [1.82, 2.24) is 4.90 Å². The lowest BCUT2D eigenvalue weighted by Gasteiger charge is -2.44. The molecule has 3 aliphatic rings. The minimum atomic E-state index is 0.447. The summed E-state index contributed by atoms with van der Waals surface area (Å²) in [7, 11) is 1.81. The van der Waals surface area contributed by atoms with E-state index >= 15 is 0 Å². The zero-order valence-electron chi connectivity index (χ0n) is 24.5. The largest absolute Gasteiger partial charge is 0.497 e. The Morgan fingerprint density at radius 2 is 2.03 bits per heavy atom. The van der Waals surface area contributed by atoms with Gasteiger partial charge in [-0.3, -0.25) is 0 Å². The minimum absolute atomic E-state index is 0.447. The van der Waals surface area contributed by atoms with Gasteiger partial charge in [-0.05, 0) is 100 Å². The molecule has 0 radical (unpaired) electrons. The zero-order valence-corrected chi connectivity index (χ0v) is 24.5. The maximum atomic E-state index is 5.86. The first-order valence-electron chi connectivity index (χ1n) is 14.6. The fraction of sp³-hybridized carbons (Fsp3) is 0.647. The molecule has 1 aliphatic heterocycles. The lowest BCUT2D eigenvalue weighted by atomic mass is 9.61. The fourth-order valence-electron chi connectivity index (χ4n) is 6.92.